The van der Waals surface area contributed by atoms with E-state index in [9.17, 15) is 5.11 Å². The van der Waals surface area contributed by atoms with Crippen molar-refractivity contribution >= 4 is 17.1 Å². The molecular weight excluding hydrogens is 228 g/mol. The maximum Gasteiger partial charge on any atom is 0.0613 e. The number of hydrogen-bond donors (Lipinski definition) is 1. The molecule has 2 saturated carbocycles. The lowest BCUT2D eigenvalue weighted by atomic mass is 9.80. The second-order valence-corrected chi connectivity index (χ2v) is 6.50. The van der Waals surface area contributed by atoms with Crippen molar-refractivity contribution in [1.29, 1.82) is 0 Å². The van der Waals surface area contributed by atoms with Crippen molar-refractivity contribution in [3.63, 3.8) is 0 Å². The van der Waals surface area contributed by atoms with Gasteiger partial charge in [-0.3, -0.25) is 0 Å². The monoisotopic (exact) mass is 254 g/mol. The highest BCUT2D eigenvalue weighted by atomic mass is 32.1. The number of thiocarbonyl (C=S) groups is 1. The SMILES string of the molecule is OC(CC(=S)C1CCCCC1)C1CCCCC1. The van der Waals surface area contributed by atoms with Gasteiger partial charge in [-0.1, -0.05) is 50.7 Å². The highest BCUT2D eigenvalue weighted by molar-refractivity contribution is 7.80. The molecule has 1 unspecified atom stereocenters. The molecule has 1 N–H and O–H groups in total. The summed E-state index contributed by atoms with van der Waals surface area (Å²) >= 11 is 5.56. The second-order valence-electron chi connectivity index (χ2n) is 5.97. The van der Waals surface area contributed by atoms with Gasteiger partial charge in [0.05, 0.1) is 6.10 Å². The van der Waals surface area contributed by atoms with Crippen LogP contribution in [0.2, 0.25) is 0 Å². The molecule has 0 bridgehead atoms. The molecule has 0 spiro atoms. The van der Waals surface area contributed by atoms with Gasteiger partial charge in [-0.2, -0.15) is 0 Å². The fourth-order valence-electron chi connectivity index (χ4n) is 3.48. The van der Waals surface area contributed by atoms with Crippen molar-refractivity contribution in [2.24, 2.45) is 11.8 Å². The van der Waals surface area contributed by atoms with Gasteiger partial charge in [0.1, 0.15) is 0 Å². The van der Waals surface area contributed by atoms with Crippen LogP contribution < -0.4 is 0 Å². The van der Waals surface area contributed by atoms with Crippen molar-refractivity contribution in [3.8, 4) is 0 Å². The molecule has 0 aromatic heterocycles. The van der Waals surface area contributed by atoms with Crippen LogP contribution in [0, 0.1) is 11.8 Å². The van der Waals surface area contributed by atoms with Crippen LogP contribution in [0.25, 0.3) is 0 Å². The zero-order chi connectivity index (χ0) is 12.1. The van der Waals surface area contributed by atoms with Crippen LogP contribution >= 0.6 is 12.2 Å². The van der Waals surface area contributed by atoms with Crippen LogP contribution in [0.4, 0.5) is 0 Å². The molecule has 2 heteroatoms. The molecule has 1 atom stereocenters. The molecule has 2 rings (SSSR count). The van der Waals surface area contributed by atoms with E-state index in [-0.39, 0.29) is 6.10 Å². The molecule has 0 aromatic rings. The van der Waals surface area contributed by atoms with Crippen LogP contribution in [0.1, 0.15) is 70.6 Å². The quantitative estimate of drug-likeness (QED) is 0.756. The molecule has 1 nitrogen and oxygen atoms in total. The van der Waals surface area contributed by atoms with Crippen LogP contribution in [0.3, 0.4) is 0 Å². The van der Waals surface area contributed by atoms with Gasteiger partial charge in [0.2, 0.25) is 0 Å². The zero-order valence-electron chi connectivity index (χ0n) is 10.9. The summed E-state index contributed by atoms with van der Waals surface area (Å²) in [6.07, 6.45) is 13.6. The van der Waals surface area contributed by atoms with Gasteiger partial charge in [-0.25, -0.2) is 0 Å². The summed E-state index contributed by atoms with van der Waals surface area (Å²) in [6, 6.07) is 0. The Morgan fingerprint density at radius 3 is 2.06 bits per heavy atom. The molecular formula is C15H26OS. The molecule has 0 aromatic carbocycles. The van der Waals surface area contributed by atoms with Crippen molar-refractivity contribution in [1.82, 2.24) is 0 Å². The molecule has 0 heterocycles. The van der Waals surface area contributed by atoms with Crippen LogP contribution in [0.15, 0.2) is 0 Å². The molecule has 2 aliphatic carbocycles. The first-order chi connectivity index (χ1) is 8.27. The molecule has 0 saturated heterocycles. The molecule has 2 aliphatic rings. The van der Waals surface area contributed by atoms with E-state index in [0.29, 0.717) is 11.8 Å². The van der Waals surface area contributed by atoms with Gasteiger partial charge in [0.25, 0.3) is 0 Å². The van der Waals surface area contributed by atoms with Crippen LogP contribution in [-0.4, -0.2) is 16.1 Å². The molecule has 17 heavy (non-hydrogen) atoms. The molecule has 2 fully saturated rings. The summed E-state index contributed by atoms with van der Waals surface area (Å²) in [5.41, 5.74) is 0. The van der Waals surface area contributed by atoms with E-state index >= 15 is 0 Å². The van der Waals surface area contributed by atoms with Gasteiger partial charge in [-0.05, 0) is 42.4 Å². The van der Waals surface area contributed by atoms with Crippen molar-refractivity contribution in [2.75, 3.05) is 0 Å². The lowest BCUT2D eigenvalue weighted by Crippen LogP contribution is -2.28. The average molecular weight is 254 g/mol. The lowest BCUT2D eigenvalue weighted by molar-refractivity contribution is 0.0903. The minimum Gasteiger partial charge on any atom is -0.392 e. The Balaban J connectivity index is 1.76. The van der Waals surface area contributed by atoms with Crippen molar-refractivity contribution in [2.45, 2.75) is 76.7 Å². The number of rotatable bonds is 4. The minimum absolute atomic E-state index is 0.148. The van der Waals surface area contributed by atoms with E-state index in [1.807, 2.05) is 0 Å². The maximum atomic E-state index is 10.3. The highest BCUT2D eigenvalue weighted by Crippen LogP contribution is 2.31. The predicted octanol–water partition coefficient (Wildman–Crippen LogP) is 4.27. The Bertz CT molecular complexity index is 239. The van der Waals surface area contributed by atoms with Gasteiger partial charge >= 0.3 is 0 Å². The highest BCUT2D eigenvalue weighted by Gasteiger charge is 2.25. The molecule has 0 aliphatic heterocycles. The number of hydrogen-bond acceptors (Lipinski definition) is 2. The number of aliphatic hydroxyl groups is 1. The Morgan fingerprint density at radius 1 is 0.941 bits per heavy atom. The fourth-order valence-corrected chi connectivity index (χ4v) is 3.89. The van der Waals surface area contributed by atoms with Gasteiger partial charge in [0.15, 0.2) is 0 Å². The summed E-state index contributed by atoms with van der Waals surface area (Å²) < 4.78 is 0. The van der Waals surface area contributed by atoms with Gasteiger partial charge in [0, 0.05) is 6.42 Å². The lowest BCUT2D eigenvalue weighted by Gasteiger charge is -2.29. The Morgan fingerprint density at radius 2 is 1.47 bits per heavy atom. The summed E-state index contributed by atoms with van der Waals surface area (Å²) in [7, 11) is 0. The molecule has 0 amide bonds. The van der Waals surface area contributed by atoms with E-state index in [1.165, 1.54) is 69.1 Å². The van der Waals surface area contributed by atoms with E-state index in [4.69, 9.17) is 12.2 Å². The van der Waals surface area contributed by atoms with E-state index in [2.05, 4.69) is 0 Å². The van der Waals surface area contributed by atoms with E-state index < -0.39 is 0 Å². The Labute approximate surface area is 111 Å². The summed E-state index contributed by atoms with van der Waals surface area (Å²) in [5, 5.41) is 10.3. The maximum absolute atomic E-state index is 10.3. The van der Waals surface area contributed by atoms with Crippen LogP contribution in [0.5, 0.6) is 0 Å². The fraction of sp³-hybridized carbons (Fsp3) is 0.933. The van der Waals surface area contributed by atoms with E-state index in [0.717, 1.165) is 6.42 Å². The smallest absolute Gasteiger partial charge is 0.0613 e. The standard InChI is InChI=1S/C15H26OS/c16-14(12-7-3-1-4-8-12)11-15(17)13-9-5-2-6-10-13/h12-14,16H,1-11H2. The first-order valence-electron chi connectivity index (χ1n) is 7.48. The van der Waals surface area contributed by atoms with Gasteiger partial charge < -0.3 is 5.11 Å². The second kappa shape index (κ2) is 6.84. The zero-order valence-corrected chi connectivity index (χ0v) is 11.7. The normalized spacial score (nSPS) is 25.7. The van der Waals surface area contributed by atoms with Crippen LogP contribution in [-0.2, 0) is 0 Å². The molecule has 98 valence electrons. The Kier molecular flexibility index (Phi) is 5.43. The third-order valence-corrected chi connectivity index (χ3v) is 5.16. The van der Waals surface area contributed by atoms with Crippen molar-refractivity contribution in [3.05, 3.63) is 0 Å². The first-order valence-corrected chi connectivity index (χ1v) is 7.89. The summed E-state index contributed by atoms with van der Waals surface area (Å²) in [5.74, 6) is 1.17. The first kappa shape index (κ1) is 13.5. The minimum atomic E-state index is -0.148. The predicted molar refractivity (Wildman–Crippen MR) is 76.4 cm³/mol. The van der Waals surface area contributed by atoms with E-state index in [1.54, 1.807) is 0 Å². The average Bonchev–Trinajstić information content (AvgIpc) is 2.40. The van der Waals surface area contributed by atoms with Gasteiger partial charge in [-0.15, -0.1) is 0 Å². The third kappa shape index (κ3) is 4.03. The summed E-state index contributed by atoms with van der Waals surface area (Å²) in [6.45, 7) is 0. The largest absolute Gasteiger partial charge is 0.392 e. The third-order valence-electron chi connectivity index (χ3n) is 4.66. The summed E-state index contributed by atoms with van der Waals surface area (Å²) in [4.78, 5) is 1.17. The topological polar surface area (TPSA) is 20.2 Å². The van der Waals surface area contributed by atoms with Crippen molar-refractivity contribution < 1.29 is 5.11 Å². The number of aliphatic hydroxyl groups excluding tert-OH is 1. The molecule has 0 radical (unpaired) electrons. The Hall–Kier alpha value is 0.0500.